The van der Waals surface area contributed by atoms with Crippen LogP contribution in [0.2, 0.25) is 0 Å². The second-order valence-electron chi connectivity index (χ2n) is 10.1. The summed E-state index contributed by atoms with van der Waals surface area (Å²) in [4.78, 5) is 12.2. The molecule has 5 aliphatic rings. The van der Waals surface area contributed by atoms with Crippen LogP contribution in [-0.2, 0) is 9.53 Å². The van der Waals surface area contributed by atoms with E-state index in [1.54, 1.807) is 0 Å². The molecule has 3 heteroatoms. The highest BCUT2D eigenvalue weighted by atomic mass is 16.6. The minimum Gasteiger partial charge on any atom is -0.390 e. The standard InChI is InChI=1S/C21H30O3/c1-12-10-18(2)13(9-16(12)22)5-6-15-14-7-8-20(4,23)19(14,3)11-17-21(15,18)24-17/h9,12,14-15,17,23H,5-8,10-11H2,1-4H3/t12-,14+,15+,17-,18+,19+,20-,21+/m1/s1. The van der Waals surface area contributed by atoms with Crippen LogP contribution in [0.1, 0.15) is 66.2 Å². The Balaban J connectivity index is 1.60. The lowest BCUT2D eigenvalue weighted by Crippen LogP contribution is -2.60. The average Bonchev–Trinajstić information content (AvgIpc) is 3.15. The summed E-state index contributed by atoms with van der Waals surface area (Å²) in [7, 11) is 0. The molecule has 1 N–H and O–H groups in total. The smallest absolute Gasteiger partial charge is 0.158 e. The van der Waals surface area contributed by atoms with E-state index in [1.807, 2.05) is 13.0 Å². The van der Waals surface area contributed by atoms with Crippen LogP contribution >= 0.6 is 0 Å². The van der Waals surface area contributed by atoms with Gasteiger partial charge in [0.1, 0.15) is 5.60 Å². The number of hydrogen-bond donors (Lipinski definition) is 1. The van der Waals surface area contributed by atoms with Gasteiger partial charge in [-0.3, -0.25) is 4.79 Å². The Labute approximate surface area is 144 Å². The molecule has 3 nitrogen and oxygen atoms in total. The number of ether oxygens (including phenoxy) is 1. The van der Waals surface area contributed by atoms with Crippen molar-refractivity contribution in [1.29, 1.82) is 0 Å². The predicted octanol–water partition coefficient (Wildman–Crippen LogP) is 3.65. The minimum atomic E-state index is -0.567. The topological polar surface area (TPSA) is 49.8 Å². The Bertz CT molecular complexity index is 664. The molecular formula is C21H30O3. The van der Waals surface area contributed by atoms with Gasteiger partial charge in [-0.1, -0.05) is 26.3 Å². The van der Waals surface area contributed by atoms with Crippen molar-refractivity contribution in [2.45, 2.75) is 83.5 Å². The van der Waals surface area contributed by atoms with Crippen LogP contribution in [0.15, 0.2) is 11.6 Å². The summed E-state index contributed by atoms with van der Waals surface area (Å²) in [6, 6.07) is 0. The van der Waals surface area contributed by atoms with Crippen LogP contribution in [0.5, 0.6) is 0 Å². The molecular weight excluding hydrogens is 300 g/mol. The maximum absolute atomic E-state index is 12.2. The van der Waals surface area contributed by atoms with Gasteiger partial charge in [0.05, 0.1) is 11.7 Å². The highest BCUT2D eigenvalue weighted by molar-refractivity contribution is 5.93. The first-order valence-electron chi connectivity index (χ1n) is 9.81. The van der Waals surface area contributed by atoms with Crippen LogP contribution in [0, 0.1) is 28.6 Å². The van der Waals surface area contributed by atoms with Gasteiger partial charge in [-0.25, -0.2) is 0 Å². The lowest BCUT2D eigenvalue weighted by molar-refractivity contribution is -0.123. The van der Waals surface area contributed by atoms with E-state index in [2.05, 4.69) is 20.8 Å². The molecule has 8 atom stereocenters. The summed E-state index contributed by atoms with van der Waals surface area (Å²) < 4.78 is 6.56. The van der Waals surface area contributed by atoms with E-state index in [1.165, 1.54) is 5.57 Å². The highest BCUT2D eigenvalue weighted by Gasteiger charge is 2.80. The van der Waals surface area contributed by atoms with E-state index < -0.39 is 5.60 Å². The van der Waals surface area contributed by atoms with E-state index in [9.17, 15) is 9.90 Å². The summed E-state index contributed by atoms with van der Waals surface area (Å²) in [5, 5.41) is 11.0. The first kappa shape index (κ1) is 15.6. The van der Waals surface area contributed by atoms with Crippen molar-refractivity contribution in [2.24, 2.45) is 28.6 Å². The second-order valence-corrected chi connectivity index (χ2v) is 10.1. The number of aliphatic hydroxyl groups is 1. The molecule has 4 fully saturated rings. The summed E-state index contributed by atoms with van der Waals surface area (Å²) in [6.07, 6.45) is 8.33. The lowest BCUT2D eigenvalue weighted by Gasteiger charge is -2.57. The number of fused-ring (bicyclic) bond motifs is 3. The summed E-state index contributed by atoms with van der Waals surface area (Å²) in [6.45, 7) is 8.78. The number of epoxide rings is 1. The Morgan fingerprint density at radius 2 is 1.92 bits per heavy atom. The molecule has 24 heavy (non-hydrogen) atoms. The van der Waals surface area contributed by atoms with Crippen LogP contribution in [0.4, 0.5) is 0 Å². The number of carbonyl (C=O) groups excluding carboxylic acids is 1. The van der Waals surface area contributed by atoms with E-state index in [4.69, 9.17) is 4.74 Å². The third-order valence-electron chi connectivity index (χ3n) is 9.21. The number of rotatable bonds is 0. The quantitative estimate of drug-likeness (QED) is 0.690. The van der Waals surface area contributed by atoms with E-state index in [0.29, 0.717) is 17.6 Å². The van der Waals surface area contributed by atoms with Gasteiger partial charge in [-0.2, -0.15) is 0 Å². The molecule has 132 valence electrons. The van der Waals surface area contributed by atoms with Crippen LogP contribution in [-0.4, -0.2) is 28.2 Å². The van der Waals surface area contributed by atoms with Gasteiger partial charge in [0.2, 0.25) is 0 Å². The zero-order valence-electron chi connectivity index (χ0n) is 15.4. The lowest BCUT2D eigenvalue weighted by atomic mass is 9.45. The summed E-state index contributed by atoms with van der Waals surface area (Å²) in [5.41, 5.74) is 0.719. The highest BCUT2D eigenvalue weighted by Crippen LogP contribution is 2.76. The van der Waals surface area contributed by atoms with Crippen LogP contribution in [0.25, 0.3) is 0 Å². The Morgan fingerprint density at radius 1 is 1.17 bits per heavy atom. The van der Waals surface area contributed by atoms with Gasteiger partial charge in [-0.15, -0.1) is 0 Å². The maximum atomic E-state index is 12.2. The molecule has 0 aromatic carbocycles. The normalized spacial score (nSPS) is 61.4. The van der Waals surface area contributed by atoms with E-state index >= 15 is 0 Å². The zero-order chi connectivity index (χ0) is 17.1. The van der Waals surface area contributed by atoms with Crippen molar-refractivity contribution in [1.82, 2.24) is 0 Å². The number of ketones is 1. The Hall–Kier alpha value is -0.670. The van der Waals surface area contributed by atoms with E-state index in [-0.39, 0.29) is 28.5 Å². The first-order chi connectivity index (χ1) is 11.2. The summed E-state index contributed by atoms with van der Waals surface area (Å²) in [5.74, 6) is 1.51. The fourth-order valence-corrected chi connectivity index (χ4v) is 7.56. The molecule has 0 radical (unpaired) electrons. The molecule has 1 spiro atoms. The van der Waals surface area contributed by atoms with Crippen molar-refractivity contribution in [2.75, 3.05) is 0 Å². The molecule has 0 aromatic rings. The maximum Gasteiger partial charge on any atom is 0.158 e. The first-order valence-corrected chi connectivity index (χ1v) is 9.81. The van der Waals surface area contributed by atoms with Crippen molar-refractivity contribution >= 4 is 5.78 Å². The molecule has 0 aromatic heterocycles. The van der Waals surface area contributed by atoms with Gasteiger partial charge in [-0.05, 0) is 63.4 Å². The third kappa shape index (κ3) is 1.47. The molecule has 3 saturated carbocycles. The fraction of sp³-hybridized carbons (Fsp3) is 0.857. The molecule has 0 bridgehead atoms. The zero-order valence-corrected chi connectivity index (χ0v) is 15.4. The van der Waals surface area contributed by atoms with E-state index in [0.717, 1.165) is 38.5 Å². The van der Waals surface area contributed by atoms with Crippen molar-refractivity contribution < 1.29 is 14.6 Å². The Kier molecular flexibility index (Phi) is 2.71. The largest absolute Gasteiger partial charge is 0.390 e. The molecule has 0 amide bonds. The molecule has 1 aliphatic heterocycles. The van der Waals surface area contributed by atoms with Crippen molar-refractivity contribution in [3.05, 3.63) is 11.6 Å². The number of hydrogen-bond acceptors (Lipinski definition) is 3. The van der Waals surface area contributed by atoms with Gasteiger partial charge in [0.15, 0.2) is 5.78 Å². The van der Waals surface area contributed by atoms with Gasteiger partial charge >= 0.3 is 0 Å². The summed E-state index contributed by atoms with van der Waals surface area (Å²) >= 11 is 0. The predicted molar refractivity (Wildman–Crippen MR) is 91.4 cm³/mol. The van der Waals surface area contributed by atoms with Gasteiger partial charge in [0.25, 0.3) is 0 Å². The third-order valence-corrected chi connectivity index (χ3v) is 9.21. The molecule has 5 rings (SSSR count). The second kappa shape index (κ2) is 4.17. The minimum absolute atomic E-state index is 0.0175. The van der Waals surface area contributed by atoms with Crippen LogP contribution < -0.4 is 0 Å². The molecule has 0 unspecified atom stereocenters. The number of carbonyl (C=O) groups is 1. The SMILES string of the molecule is C[C@@H]1C[C@@]2(C)C(=CC1=O)CC[C@H]1[C@@H]3CC[C@@](C)(O)[C@@]3(C)C[C@H]3O[C@]312. The van der Waals surface area contributed by atoms with Crippen molar-refractivity contribution in [3.63, 3.8) is 0 Å². The molecule has 1 saturated heterocycles. The van der Waals surface area contributed by atoms with Gasteiger partial charge < -0.3 is 9.84 Å². The van der Waals surface area contributed by atoms with Gasteiger partial charge in [0, 0.05) is 16.7 Å². The Morgan fingerprint density at radius 3 is 2.67 bits per heavy atom. The molecule has 4 aliphatic carbocycles. The monoisotopic (exact) mass is 330 g/mol. The van der Waals surface area contributed by atoms with Crippen molar-refractivity contribution in [3.8, 4) is 0 Å². The molecule has 1 heterocycles. The fourth-order valence-electron chi connectivity index (χ4n) is 7.56. The average molecular weight is 330 g/mol. The van der Waals surface area contributed by atoms with Crippen LogP contribution in [0.3, 0.4) is 0 Å².